The van der Waals surface area contributed by atoms with E-state index in [1.807, 2.05) is 31.2 Å². The predicted octanol–water partition coefficient (Wildman–Crippen LogP) is 5.17. The van der Waals surface area contributed by atoms with E-state index in [4.69, 9.17) is 16.4 Å². The molecular formula is C19H14ClN5O3S. The van der Waals surface area contributed by atoms with Gasteiger partial charge in [0.05, 0.1) is 5.69 Å². The van der Waals surface area contributed by atoms with Crippen molar-refractivity contribution >= 4 is 45.4 Å². The third kappa shape index (κ3) is 4.11. The van der Waals surface area contributed by atoms with Crippen molar-refractivity contribution in [3.63, 3.8) is 0 Å². The number of carbonyl (C=O) groups excluding carboxylic acids is 1. The quantitative estimate of drug-likeness (QED) is 0.557. The third-order valence-corrected chi connectivity index (χ3v) is 4.98. The SMILES string of the molecule is Cc1ccc(N2NOC(O)=C2c2csc(N=NC(=O)c3ccc(Cl)cc3)n2)cc1. The minimum Gasteiger partial charge on any atom is -0.478 e. The maximum atomic E-state index is 12.1. The van der Waals surface area contributed by atoms with Crippen LogP contribution >= 0.6 is 22.9 Å². The van der Waals surface area contributed by atoms with Crippen molar-refractivity contribution < 1.29 is 14.7 Å². The lowest BCUT2D eigenvalue weighted by Crippen LogP contribution is -2.30. The Kier molecular flexibility index (Phi) is 5.26. The van der Waals surface area contributed by atoms with Crippen LogP contribution in [0.4, 0.5) is 10.8 Å². The molecule has 0 bridgehead atoms. The minimum atomic E-state index is -0.507. The molecule has 1 aliphatic rings. The molecular weight excluding hydrogens is 414 g/mol. The molecule has 0 atom stereocenters. The number of nitrogens with zero attached hydrogens (tertiary/aromatic N) is 4. The van der Waals surface area contributed by atoms with Crippen molar-refractivity contribution in [3.05, 3.63) is 81.7 Å². The molecule has 8 nitrogen and oxygen atoms in total. The average molecular weight is 428 g/mol. The minimum absolute atomic E-state index is 0.262. The second-order valence-electron chi connectivity index (χ2n) is 6.05. The standard InChI is InChI=1S/C19H14ClN5O3S/c1-11-2-8-14(9-3-11)25-16(18(27)28-24-25)15-10-29-19(21-15)23-22-17(26)12-4-6-13(20)7-5-12/h2-10,24,27H,1H3. The van der Waals surface area contributed by atoms with Crippen LogP contribution in [0.15, 0.2) is 70.1 Å². The van der Waals surface area contributed by atoms with Gasteiger partial charge in [-0.15, -0.1) is 21.6 Å². The van der Waals surface area contributed by atoms with Crippen LogP contribution in [0, 0.1) is 6.92 Å². The molecule has 10 heteroatoms. The molecule has 3 aromatic rings. The van der Waals surface area contributed by atoms with Crippen molar-refractivity contribution in [1.29, 1.82) is 0 Å². The molecule has 2 aromatic carbocycles. The van der Waals surface area contributed by atoms with E-state index in [0.29, 0.717) is 22.0 Å². The number of aryl methyl sites for hydroxylation is 1. The molecule has 1 amide bonds. The van der Waals surface area contributed by atoms with E-state index in [9.17, 15) is 9.90 Å². The zero-order chi connectivity index (χ0) is 20.4. The number of nitrogens with one attached hydrogen (secondary N) is 1. The van der Waals surface area contributed by atoms with Gasteiger partial charge in [-0.2, -0.15) is 0 Å². The van der Waals surface area contributed by atoms with E-state index in [2.05, 4.69) is 20.8 Å². The van der Waals surface area contributed by atoms with Crippen molar-refractivity contribution in [2.24, 2.45) is 10.2 Å². The number of anilines is 1. The first kappa shape index (κ1) is 19.1. The number of halogens is 1. The van der Waals surface area contributed by atoms with Gasteiger partial charge in [0, 0.05) is 16.0 Å². The highest BCUT2D eigenvalue weighted by atomic mass is 35.5. The Labute approximate surface area is 174 Å². The number of carbonyl (C=O) groups is 1. The van der Waals surface area contributed by atoms with E-state index in [0.717, 1.165) is 11.3 Å². The van der Waals surface area contributed by atoms with Gasteiger partial charge in [-0.05, 0) is 43.3 Å². The summed E-state index contributed by atoms with van der Waals surface area (Å²) in [4.78, 5) is 21.5. The van der Waals surface area contributed by atoms with Crippen LogP contribution in [0.5, 0.6) is 0 Å². The maximum absolute atomic E-state index is 12.1. The fourth-order valence-corrected chi connectivity index (χ4v) is 3.28. The summed E-state index contributed by atoms with van der Waals surface area (Å²) in [6.07, 6.45) is 0. The van der Waals surface area contributed by atoms with Gasteiger partial charge in [0.2, 0.25) is 5.13 Å². The van der Waals surface area contributed by atoms with Crippen LogP contribution in [0.25, 0.3) is 5.70 Å². The highest BCUT2D eigenvalue weighted by Crippen LogP contribution is 2.33. The van der Waals surface area contributed by atoms with Gasteiger partial charge in [0.25, 0.3) is 5.91 Å². The third-order valence-electron chi connectivity index (χ3n) is 4.00. The van der Waals surface area contributed by atoms with Gasteiger partial charge in [0.1, 0.15) is 5.69 Å². The number of aliphatic hydroxyl groups excluding tert-OH is 1. The first-order chi connectivity index (χ1) is 14.0. The fraction of sp³-hybridized carbons (Fsp3) is 0.0526. The number of rotatable bonds is 4. The monoisotopic (exact) mass is 427 g/mol. The number of benzene rings is 2. The van der Waals surface area contributed by atoms with E-state index < -0.39 is 5.91 Å². The lowest BCUT2D eigenvalue weighted by atomic mass is 10.2. The molecule has 0 fully saturated rings. The lowest BCUT2D eigenvalue weighted by molar-refractivity contribution is 0.0461. The second kappa shape index (κ2) is 8.00. The first-order valence-corrected chi connectivity index (χ1v) is 9.67. The number of thiazole rings is 1. The number of amides is 1. The summed E-state index contributed by atoms with van der Waals surface area (Å²) in [5.41, 5.74) is 5.61. The Morgan fingerprint density at radius 1 is 1.21 bits per heavy atom. The van der Waals surface area contributed by atoms with Gasteiger partial charge in [-0.25, -0.2) is 9.99 Å². The number of aromatic nitrogens is 1. The van der Waals surface area contributed by atoms with E-state index in [1.165, 1.54) is 11.3 Å². The first-order valence-electron chi connectivity index (χ1n) is 8.41. The summed E-state index contributed by atoms with van der Waals surface area (Å²) in [5.74, 6) is -0.829. The molecule has 4 rings (SSSR count). The second-order valence-corrected chi connectivity index (χ2v) is 7.32. The Hall–Kier alpha value is -3.27. The number of aliphatic hydroxyl groups is 1. The molecule has 0 saturated heterocycles. The van der Waals surface area contributed by atoms with Crippen LogP contribution in [0.3, 0.4) is 0 Å². The Balaban J connectivity index is 1.54. The van der Waals surface area contributed by atoms with Crippen LogP contribution in [0.2, 0.25) is 5.02 Å². The predicted molar refractivity (Wildman–Crippen MR) is 110 cm³/mol. The summed E-state index contributed by atoms with van der Waals surface area (Å²) in [7, 11) is 0. The number of hydrogen-bond acceptors (Lipinski definition) is 8. The summed E-state index contributed by atoms with van der Waals surface area (Å²) in [5, 5.41) is 21.8. The number of hydrazine groups is 1. The summed E-state index contributed by atoms with van der Waals surface area (Å²) in [6, 6.07) is 14.0. The van der Waals surface area contributed by atoms with Crippen LogP contribution in [-0.4, -0.2) is 16.0 Å². The van der Waals surface area contributed by atoms with E-state index >= 15 is 0 Å². The van der Waals surface area contributed by atoms with Crippen LogP contribution < -0.4 is 10.6 Å². The van der Waals surface area contributed by atoms with E-state index in [-0.39, 0.29) is 11.1 Å². The highest BCUT2D eigenvalue weighted by molar-refractivity contribution is 7.13. The average Bonchev–Trinajstić information content (AvgIpc) is 3.33. The molecule has 0 saturated carbocycles. The van der Waals surface area contributed by atoms with Crippen LogP contribution in [-0.2, 0) is 4.84 Å². The van der Waals surface area contributed by atoms with Crippen molar-refractivity contribution in [2.45, 2.75) is 6.92 Å². The summed E-state index contributed by atoms with van der Waals surface area (Å²) in [6.45, 7) is 1.98. The van der Waals surface area contributed by atoms with Gasteiger partial charge >= 0.3 is 5.95 Å². The molecule has 0 unspecified atom stereocenters. The highest BCUT2D eigenvalue weighted by Gasteiger charge is 2.29. The topological polar surface area (TPSA) is 99.4 Å². The molecule has 1 aromatic heterocycles. The Morgan fingerprint density at radius 3 is 2.66 bits per heavy atom. The largest absolute Gasteiger partial charge is 0.478 e. The van der Waals surface area contributed by atoms with Crippen LogP contribution in [0.1, 0.15) is 21.6 Å². The van der Waals surface area contributed by atoms with Gasteiger partial charge in [-0.1, -0.05) is 34.9 Å². The zero-order valence-corrected chi connectivity index (χ0v) is 16.6. The fourth-order valence-electron chi connectivity index (χ4n) is 2.54. The molecule has 0 spiro atoms. The zero-order valence-electron chi connectivity index (χ0n) is 15.0. The summed E-state index contributed by atoms with van der Waals surface area (Å²) >= 11 is 6.99. The number of azo groups is 1. The number of hydrogen-bond donors (Lipinski definition) is 2. The Morgan fingerprint density at radius 2 is 1.93 bits per heavy atom. The van der Waals surface area contributed by atoms with Crippen molar-refractivity contribution in [3.8, 4) is 0 Å². The maximum Gasteiger partial charge on any atom is 0.327 e. The molecule has 1 aliphatic heterocycles. The smallest absolute Gasteiger partial charge is 0.327 e. The lowest BCUT2D eigenvalue weighted by Gasteiger charge is -2.17. The molecule has 29 heavy (non-hydrogen) atoms. The van der Waals surface area contributed by atoms with Crippen molar-refractivity contribution in [2.75, 3.05) is 5.01 Å². The normalized spacial score (nSPS) is 13.9. The van der Waals surface area contributed by atoms with Gasteiger partial charge in [0.15, 0.2) is 5.70 Å². The van der Waals surface area contributed by atoms with Crippen molar-refractivity contribution in [1.82, 2.24) is 10.6 Å². The molecule has 0 radical (unpaired) electrons. The molecule has 146 valence electrons. The van der Waals surface area contributed by atoms with Gasteiger partial charge in [-0.3, -0.25) is 4.79 Å². The molecule has 0 aliphatic carbocycles. The Bertz CT molecular complexity index is 1110. The van der Waals surface area contributed by atoms with Gasteiger partial charge < -0.3 is 9.94 Å². The summed E-state index contributed by atoms with van der Waals surface area (Å²) < 4.78 is 0. The van der Waals surface area contributed by atoms with E-state index in [1.54, 1.807) is 34.7 Å². The molecule has 2 N–H and O–H groups in total. The molecule has 2 heterocycles.